The van der Waals surface area contributed by atoms with Crippen molar-refractivity contribution in [3.05, 3.63) is 58.1 Å². The van der Waals surface area contributed by atoms with Gasteiger partial charge in [0, 0.05) is 4.47 Å². The third-order valence-electron chi connectivity index (χ3n) is 2.74. The molecule has 0 aliphatic rings. The van der Waals surface area contributed by atoms with Gasteiger partial charge in [0.05, 0.1) is 11.1 Å². The Morgan fingerprint density at radius 3 is 2.15 bits per heavy atom. The first kappa shape index (κ1) is 14.6. The van der Waals surface area contributed by atoms with E-state index in [2.05, 4.69) is 15.9 Å². The van der Waals surface area contributed by atoms with Crippen molar-refractivity contribution in [3.8, 4) is 11.1 Å². The fourth-order valence-electron chi connectivity index (χ4n) is 1.72. The van der Waals surface area contributed by atoms with E-state index in [1.807, 2.05) is 0 Å². The summed E-state index contributed by atoms with van der Waals surface area (Å²) < 4.78 is 38.6. The summed E-state index contributed by atoms with van der Waals surface area (Å²) in [5.41, 5.74) is 0.194. The monoisotopic (exact) mass is 344 g/mol. The van der Waals surface area contributed by atoms with E-state index in [0.717, 1.165) is 12.1 Å². The summed E-state index contributed by atoms with van der Waals surface area (Å²) in [6, 6.07) is 8.99. The molecular weight excluding hydrogens is 337 g/mol. The zero-order chi connectivity index (χ0) is 14.9. The highest BCUT2D eigenvalue weighted by Gasteiger charge is 2.30. The Bertz CT molecular complexity index is 648. The molecule has 0 atom stereocenters. The van der Waals surface area contributed by atoms with Crippen LogP contribution >= 0.6 is 15.9 Å². The number of halogens is 4. The maximum atomic E-state index is 12.7. The lowest BCUT2D eigenvalue weighted by atomic mass is 10.0. The highest BCUT2D eigenvalue weighted by Crippen LogP contribution is 2.36. The fourth-order valence-corrected chi connectivity index (χ4v) is 2.19. The number of hydrogen-bond acceptors (Lipinski definition) is 1. The molecule has 0 bridgehead atoms. The summed E-state index contributed by atoms with van der Waals surface area (Å²) >= 11 is 3.20. The number of aromatic carboxylic acids is 1. The van der Waals surface area contributed by atoms with Crippen LogP contribution in [0.2, 0.25) is 0 Å². The summed E-state index contributed by atoms with van der Waals surface area (Å²) in [5.74, 6) is -1.08. The van der Waals surface area contributed by atoms with Crippen molar-refractivity contribution in [1.29, 1.82) is 0 Å². The zero-order valence-electron chi connectivity index (χ0n) is 9.91. The molecule has 2 aromatic carbocycles. The molecule has 104 valence electrons. The van der Waals surface area contributed by atoms with Gasteiger partial charge in [0.15, 0.2) is 0 Å². The lowest BCUT2D eigenvalue weighted by molar-refractivity contribution is -0.137. The molecule has 20 heavy (non-hydrogen) atoms. The highest BCUT2D eigenvalue weighted by atomic mass is 79.9. The van der Waals surface area contributed by atoms with Crippen LogP contribution in [0.25, 0.3) is 11.1 Å². The van der Waals surface area contributed by atoms with E-state index in [1.165, 1.54) is 30.3 Å². The molecule has 2 rings (SSSR count). The summed E-state index contributed by atoms with van der Waals surface area (Å²) in [7, 11) is 0. The molecule has 0 heterocycles. The molecule has 0 aliphatic carbocycles. The Kier molecular flexibility index (Phi) is 3.85. The number of alkyl halides is 3. The maximum Gasteiger partial charge on any atom is 0.416 e. The second kappa shape index (κ2) is 5.28. The molecule has 6 heteroatoms. The van der Waals surface area contributed by atoms with Crippen LogP contribution in [0.15, 0.2) is 46.9 Å². The average Bonchev–Trinajstić information content (AvgIpc) is 2.38. The summed E-state index contributed by atoms with van der Waals surface area (Å²) in [6.07, 6.45) is -4.42. The quantitative estimate of drug-likeness (QED) is 0.846. The minimum atomic E-state index is -4.42. The first-order valence-corrected chi connectivity index (χ1v) is 6.29. The van der Waals surface area contributed by atoms with E-state index < -0.39 is 17.7 Å². The average molecular weight is 345 g/mol. The van der Waals surface area contributed by atoms with Crippen LogP contribution in [0.1, 0.15) is 15.9 Å². The van der Waals surface area contributed by atoms with Gasteiger partial charge in [0.2, 0.25) is 0 Å². The van der Waals surface area contributed by atoms with Gasteiger partial charge in [-0.2, -0.15) is 13.2 Å². The molecule has 0 amide bonds. The lowest BCUT2D eigenvalue weighted by Gasteiger charge is -2.11. The Morgan fingerprint density at radius 2 is 1.65 bits per heavy atom. The Morgan fingerprint density at radius 1 is 1.05 bits per heavy atom. The molecule has 0 saturated carbocycles. The minimum Gasteiger partial charge on any atom is -0.478 e. The van der Waals surface area contributed by atoms with Crippen molar-refractivity contribution in [2.24, 2.45) is 0 Å². The first-order chi connectivity index (χ1) is 9.29. The predicted octanol–water partition coefficient (Wildman–Crippen LogP) is 4.83. The van der Waals surface area contributed by atoms with Crippen molar-refractivity contribution < 1.29 is 23.1 Å². The van der Waals surface area contributed by atoms with Crippen LogP contribution in [0, 0.1) is 0 Å². The minimum absolute atomic E-state index is 0.0804. The van der Waals surface area contributed by atoms with Crippen LogP contribution in [0.3, 0.4) is 0 Å². The topological polar surface area (TPSA) is 37.3 Å². The molecule has 2 aromatic rings. The van der Waals surface area contributed by atoms with Gasteiger partial charge < -0.3 is 5.11 Å². The summed E-state index contributed by atoms with van der Waals surface area (Å²) in [6.45, 7) is 0. The number of benzene rings is 2. The second-order valence-corrected chi connectivity index (χ2v) is 4.93. The van der Waals surface area contributed by atoms with Gasteiger partial charge in [0.25, 0.3) is 0 Å². The Hall–Kier alpha value is -1.82. The standard InChI is InChI=1S/C14H8BrF3O2/c15-12-6-5-10(14(16,17)18)7-11(12)8-1-3-9(4-2-8)13(19)20/h1-7H,(H,19,20). The van der Waals surface area contributed by atoms with Crippen LogP contribution in [0.4, 0.5) is 13.2 Å². The molecule has 2 nitrogen and oxygen atoms in total. The van der Waals surface area contributed by atoms with Crippen LogP contribution in [-0.2, 0) is 6.18 Å². The molecule has 0 unspecified atom stereocenters. The first-order valence-electron chi connectivity index (χ1n) is 5.49. The van der Waals surface area contributed by atoms with Gasteiger partial charge in [-0.1, -0.05) is 28.1 Å². The third-order valence-corrected chi connectivity index (χ3v) is 3.43. The van der Waals surface area contributed by atoms with E-state index >= 15 is 0 Å². The maximum absolute atomic E-state index is 12.7. The molecule has 0 saturated heterocycles. The van der Waals surface area contributed by atoms with Crippen molar-refractivity contribution in [3.63, 3.8) is 0 Å². The van der Waals surface area contributed by atoms with Crippen molar-refractivity contribution in [1.82, 2.24) is 0 Å². The molecule has 0 aromatic heterocycles. The normalized spacial score (nSPS) is 11.4. The van der Waals surface area contributed by atoms with E-state index in [9.17, 15) is 18.0 Å². The molecular formula is C14H8BrF3O2. The van der Waals surface area contributed by atoms with Crippen molar-refractivity contribution in [2.75, 3.05) is 0 Å². The lowest BCUT2D eigenvalue weighted by Crippen LogP contribution is -2.04. The second-order valence-electron chi connectivity index (χ2n) is 4.07. The molecule has 1 N–H and O–H groups in total. The van der Waals surface area contributed by atoms with Gasteiger partial charge in [0.1, 0.15) is 0 Å². The zero-order valence-corrected chi connectivity index (χ0v) is 11.5. The van der Waals surface area contributed by atoms with Gasteiger partial charge in [-0.15, -0.1) is 0 Å². The fraction of sp³-hybridized carbons (Fsp3) is 0.0714. The number of carbonyl (C=O) groups is 1. The van der Waals surface area contributed by atoms with Gasteiger partial charge in [-0.05, 0) is 41.5 Å². The van der Waals surface area contributed by atoms with Crippen molar-refractivity contribution in [2.45, 2.75) is 6.18 Å². The number of hydrogen-bond donors (Lipinski definition) is 1. The SMILES string of the molecule is O=C(O)c1ccc(-c2cc(C(F)(F)F)ccc2Br)cc1. The number of carboxylic acid groups (broad SMARTS) is 1. The van der Waals surface area contributed by atoms with Crippen LogP contribution in [-0.4, -0.2) is 11.1 Å². The molecule has 0 spiro atoms. The molecule has 0 radical (unpaired) electrons. The highest BCUT2D eigenvalue weighted by molar-refractivity contribution is 9.10. The van der Waals surface area contributed by atoms with Gasteiger partial charge >= 0.3 is 12.1 Å². The largest absolute Gasteiger partial charge is 0.478 e. The molecule has 0 aliphatic heterocycles. The van der Waals surface area contributed by atoms with Crippen molar-refractivity contribution >= 4 is 21.9 Å². The molecule has 0 fully saturated rings. The van der Waals surface area contributed by atoms with Gasteiger partial charge in [-0.3, -0.25) is 0 Å². The van der Waals surface area contributed by atoms with E-state index in [4.69, 9.17) is 5.11 Å². The predicted molar refractivity (Wildman–Crippen MR) is 71.5 cm³/mol. The Balaban J connectivity index is 2.49. The summed E-state index contributed by atoms with van der Waals surface area (Å²) in [4.78, 5) is 10.7. The van der Waals surface area contributed by atoms with E-state index in [1.54, 1.807) is 0 Å². The Labute approximate surface area is 121 Å². The van der Waals surface area contributed by atoms with E-state index in [-0.39, 0.29) is 5.56 Å². The van der Waals surface area contributed by atoms with Crippen LogP contribution in [0.5, 0.6) is 0 Å². The third kappa shape index (κ3) is 3.01. The number of rotatable bonds is 2. The van der Waals surface area contributed by atoms with E-state index in [0.29, 0.717) is 15.6 Å². The van der Waals surface area contributed by atoms with Crippen LogP contribution < -0.4 is 0 Å². The van der Waals surface area contributed by atoms with Gasteiger partial charge in [-0.25, -0.2) is 4.79 Å². The summed E-state index contributed by atoms with van der Waals surface area (Å²) in [5, 5.41) is 8.79. The number of carboxylic acids is 1. The smallest absolute Gasteiger partial charge is 0.416 e.